The van der Waals surface area contributed by atoms with Crippen LogP contribution in [0.3, 0.4) is 0 Å². The SMILES string of the molecule is O=C1CCC(N2C(=O)c3cc4c(cc3C2=O)OC2(CCNCC2)CO4)C(=O)N1. The van der Waals surface area contributed by atoms with Gasteiger partial charge in [-0.05, 0) is 31.6 Å². The molecule has 4 amide bonds. The number of carbonyl (C=O) groups excluding carboxylic acids is 4. The number of hydrogen-bond acceptors (Lipinski definition) is 7. The van der Waals surface area contributed by atoms with E-state index in [0.717, 1.165) is 30.8 Å². The first-order chi connectivity index (χ1) is 13.5. The van der Waals surface area contributed by atoms with Gasteiger partial charge < -0.3 is 14.8 Å². The first-order valence-corrected chi connectivity index (χ1v) is 9.40. The second-order valence-corrected chi connectivity index (χ2v) is 7.62. The van der Waals surface area contributed by atoms with Gasteiger partial charge >= 0.3 is 0 Å². The minimum atomic E-state index is -0.986. The molecular formula is C19H19N3O6. The van der Waals surface area contributed by atoms with Crippen molar-refractivity contribution in [1.29, 1.82) is 0 Å². The van der Waals surface area contributed by atoms with Crippen LogP contribution in [0, 0.1) is 0 Å². The van der Waals surface area contributed by atoms with Gasteiger partial charge in [-0.2, -0.15) is 0 Å². The molecule has 0 saturated carbocycles. The molecule has 0 radical (unpaired) electrons. The fraction of sp³-hybridized carbons (Fsp3) is 0.474. The van der Waals surface area contributed by atoms with Crippen molar-refractivity contribution in [3.05, 3.63) is 23.3 Å². The van der Waals surface area contributed by atoms with E-state index in [1.807, 2.05) is 0 Å². The third kappa shape index (κ3) is 2.50. The Kier molecular flexibility index (Phi) is 3.70. The second kappa shape index (κ2) is 6.03. The maximum atomic E-state index is 12.9. The van der Waals surface area contributed by atoms with Gasteiger partial charge in [0, 0.05) is 19.3 Å². The van der Waals surface area contributed by atoms with E-state index < -0.39 is 35.3 Å². The summed E-state index contributed by atoms with van der Waals surface area (Å²) in [5, 5.41) is 5.47. The quantitative estimate of drug-likeness (QED) is 0.653. The van der Waals surface area contributed by atoms with Gasteiger partial charge in [0.25, 0.3) is 11.8 Å². The fourth-order valence-corrected chi connectivity index (χ4v) is 4.27. The average molecular weight is 385 g/mol. The third-order valence-electron chi connectivity index (χ3n) is 5.84. The van der Waals surface area contributed by atoms with Gasteiger partial charge in [0.05, 0.1) is 11.1 Å². The van der Waals surface area contributed by atoms with E-state index in [9.17, 15) is 19.2 Å². The molecule has 2 N–H and O–H groups in total. The van der Waals surface area contributed by atoms with Crippen molar-refractivity contribution < 1.29 is 28.7 Å². The van der Waals surface area contributed by atoms with Crippen LogP contribution in [0.25, 0.3) is 0 Å². The van der Waals surface area contributed by atoms with Crippen molar-refractivity contribution in [2.75, 3.05) is 19.7 Å². The van der Waals surface area contributed by atoms with Crippen LogP contribution in [0.2, 0.25) is 0 Å². The van der Waals surface area contributed by atoms with Gasteiger partial charge in [-0.15, -0.1) is 0 Å². The van der Waals surface area contributed by atoms with Crippen LogP contribution in [-0.4, -0.2) is 59.9 Å². The Balaban J connectivity index is 1.47. The Morgan fingerprint density at radius 1 is 1.00 bits per heavy atom. The largest absolute Gasteiger partial charge is 0.485 e. The zero-order valence-electron chi connectivity index (χ0n) is 15.1. The summed E-state index contributed by atoms with van der Waals surface area (Å²) in [7, 11) is 0. The molecule has 1 spiro atoms. The van der Waals surface area contributed by atoms with Gasteiger partial charge in [-0.25, -0.2) is 0 Å². The Hall–Kier alpha value is -2.94. The zero-order chi connectivity index (χ0) is 19.5. The number of amides is 4. The topological polar surface area (TPSA) is 114 Å². The molecule has 1 aromatic carbocycles. The predicted octanol–water partition coefficient (Wildman–Crippen LogP) is -0.0188. The number of rotatable bonds is 1. The van der Waals surface area contributed by atoms with E-state index >= 15 is 0 Å². The third-order valence-corrected chi connectivity index (χ3v) is 5.84. The highest BCUT2D eigenvalue weighted by molar-refractivity contribution is 6.23. The Morgan fingerprint density at radius 3 is 2.36 bits per heavy atom. The molecule has 4 aliphatic heterocycles. The first-order valence-electron chi connectivity index (χ1n) is 9.40. The van der Waals surface area contributed by atoms with Crippen molar-refractivity contribution >= 4 is 23.6 Å². The molecule has 9 heteroatoms. The molecule has 1 atom stereocenters. The molecule has 146 valence electrons. The van der Waals surface area contributed by atoms with Crippen molar-refractivity contribution in [3.63, 3.8) is 0 Å². The number of benzene rings is 1. The highest BCUT2D eigenvalue weighted by Crippen LogP contribution is 2.42. The van der Waals surface area contributed by atoms with Crippen LogP contribution in [-0.2, 0) is 9.59 Å². The van der Waals surface area contributed by atoms with E-state index in [4.69, 9.17) is 9.47 Å². The van der Waals surface area contributed by atoms with Crippen LogP contribution in [0.4, 0.5) is 0 Å². The number of nitrogens with one attached hydrogen (secondary N) is 2. The van der Waals surface area contributed by atoms with Crippen LogP contribution < -0.4 is 20.1 Å². The lowest BCUT2D eigenvalue weighted by atomic mass is 9.92. The van der Waals surface area contributed by atoms with Crippen molar-refractivity contribution in [1.82, 2.24) is 15.5 Å². The van der Waals surface area contributed by atoms with Gasteiger partial charge in [0.1, 0.15) is 18.2 Å². The molecule has 2 fully saturated rings. The highest BCUT2D eigenvalue weighted by Gasteiger charge is 2.47. The second-order valence-electron chi connectivity index (χ2n) is 7.62. The molecule has 5 rings (SSSR count). The lowest BCUT2D eigenvalue weighted by Crippen LogP contribution is -2.54. The Bertz CT molecular complexity index is 920. The number of hydrogen-bond donors (Lipinski definition) is 2. The maximum Gasteiger partial charge on any atom is 0.262 e. The van der Waals surface area contributed by atoms with Crippen LogP contribution in [0.15, 0.2) is 12.1 Å². The summed E-state index contributed by atoms with van der Waals surface area (Å²) in [5.74, 6) is -1.26. The minimum absolute atomic E-state index is 0.0864. The van der Waals surface area contributed by atoms with E-state index in [1.165, 1.54) is 6.07 Å². The monoisotopic (exact) mass is 385 g/mol. The molecule has 1 aromatic rings. The average Bonchev–Trinajstić information content (AvgIpc) is 2.91. The molecule has 2 saturated heterocycles. The predicted molar refractivity (Wildman–Crippen MR) is 94.1 cm³/mol. The molecule has 0 aliphatic carbocycles. The molecule has 28 heavy (non-hydrogen) atoms. The van der Waals surface area contributed by atoms with Crippen molar-refractivity contribution in [2.45, 2.75) is 37.3 Å². The van der Waals surface area contributed by atoms with E-state index in [2.05, 4.69) is 10.6 Å². The van der Waals surface area contributed by atoms with E-state index in [-0.39, 0.29) is 24.0 Å². The zero-order valence-corrected chi connectivity index (χ0v) is 15.1. The van der Waals surface area contributed by atoms with Crippen molar-refractivity contribution in [2.24, 2.45) is 0 Å². The molecule has 0 aromatic heterocycles. The molecule has 4 heterocycles. The summed E-state index contributed by atoms with van der Waals surface area (Å²) >= 11 is 0. The maximum absolute atomic E-state index is 12.9. The lowest BCUT2D eigenvalue weighted by molar-refractivity contribution is -0.136. The summed E-state index contributed by atoms with van der Waals surface area (Å²) < 4.78 is 12.1. The molecule has 1 unspecified atom stereocenters. The Labute approximate surface area is 160 Å². The van der Waals surface area contributed by atoms with Crippen LogP contribution in [0.1, 0.15) is 46.4 Å². The fourth-order valence-electron chi connectivity index (χ4n) is 4.27. The van der Waals surface area contributed by atoms with Crippen LogP contribution in [0.5, 0.6) is 11.5 Å². The highest BCUT2D eigenvalue weighted by atomic mass is 16.6. The number of nitrogens with zero attached hydrogens (tertiary/aromatic N) is 1. The molecular weight excluding hydrogens is 366 g/mol. The number of piperidine rings is 2. The number of carbonyl (C=O) groups is 4. The first kappa shape index (κ1) is 17.2. The van der Waals surface area contributed by atoms with E-state index in [0.29, 0.717) is 18.1 Å². The van der Waals surface area contributed by atoms with E-state index in [1.54, 1.807) is 6.07 Å². The summed E-state index contributed by atoms with van der Waals surface area (Å²) in [6.07, 6.45) is 1.79. The number of fused-ring (bicyclic) bond motifs is 2. The molecule has 0 bridgehead atoms. The van der Waals surface area contributed by atoms with Crippen molar-refractivity contribution in [3.8, 4) is 11.5 Å². The number of ether oxygens (including phenoxy) is 2. The van der Waals surface area contributed by atoms with Gasteiger partial charge in [0.2, 0.25) is 11.8 Å². The molecule has 9 nitrogen and oxygen atoms in total. The summed E-state index contributed by atoms with van der Waals surface area (Å²) in [4.78, 5) is 50.3. The molecule has 4 aliphatic rings. The van der Waals surface area contributed by atoms with Gasteiger partial charge in [0.15, 0.2) is 11.5 Å². The minimum Gasteiger partial charge on any atom is -0.485 e. The number of imide groups is 2. The smallest absolute Gasteiger partial charge is 0.262 e. The normalized spacial score (nSPS) is 25.7. The van der Waals surface area contributed by atoms with Crippen LogP contribution >= 0.6 is 0 Å². The lowest BCUT2D eigenvalue weighted by Gasteiger charge is -2.41. The van der Waals surface area contributed by atoms with Gasteiger partial charge in [-0.3, -0.25) is 29.4 Å². The summed E-state index contributed by atoms with van der Waals surface area (Å²) in [5.41, 5.74) is -0.0390. The standard InChI is InChI=1S/C19H19N3O6/c23-15-2-1-12(16(24)21-15)22-17(25)10-7-13-14(8-11(10)18(22)26)28-19(9-27-13)3-5-20-6-4-19/h7-8,12,20H,1-6,9H2,(H,21,23,24). The Morgan fingerprint density at radius 2 is 1.68 bits per heavy atom. The summed E-state index contributed by atoms with van der Waals surface area (Å²) in [6.45, 7) is 2.04. The van der Waals surface area contributed by atoms with Gasteiger partial charge in [-0.1, -0.05) is 0 Å². The summed E-state index contributed by atoms with van der Waals surface area (Å²) in [6, 6.07) is 2.07.